The Morgan fingerprint density at radius 1 is 1.35 bits per heavy atom. The highest BCUT2D eigenvalue weighted by atomic mass is 16.4. The molecule has 0 saturated carbocycles. The molecule has 2 heterocycles. The maximum atomic E-state index is 10.3. The predicted molar refractivity (Wildman–Crippen MR) is 75.2 cm³/mol. The third kappa shape index (κ3) is 3.64. The van der Waals surface area contributed by atoms with E-state index in [0.29, 0.717) is 18.3 Å². The fourth-order valence-corrected chi connectivity index (χ4v) is 1.73. The van der Waals surface area contributed by atoms with Crippen LogP contribution in [0.2, 0.25) is 0 Å². The van der Waals surface area contributed by atoms with E-state index in [0.717, 1.165) is 5.56 Å². The van der Waals surface area contributed by atoms with Crippen molar-refractivity contribution in [3.8, 4) is 0 Å². The third-order valence-electron chi connectivity index (χ3n) is 2.92. The van der Waals surface area contributed by atoms with Gasteiger partial charge in [0.05, 0.1) is 25.3 Å². The molecule has 0 amide bonds. The lowest BCUT2D eigenvalue weighted by Gasteiger charge is -2.22. The summed E-state index contributed by atoms with van der Waals surface area (Å²) in [6, 6.07) is 5.36. The minimum absolute atomic E-state index is 0.283. The molecule has 2 aromatic rings. The monoisotopic (exact) mass is 277 g/mol. The molecule has 20 heavy (non-hydrogen) atoms. The van der Waals surface area contributed by atoms with Crippen LogP contribution in [0.5, 0.6) is 0 Å². The molecule has 2 rings (SSSR count). The van der Waals surface area contributed by atoms with E-state index in [9.17, 15) is 5.11 Å². The average molecular weight is 277 g/mol. The Hall–Kier alpha value is -2.21. The van der Waals surface area contributed by atoms with Crippen molar-refractivity contribution >= 4 is 5.96 Å². The number of hydrogen-bond donors (Lipinski definition) is 3. The quantitative estimate of drug-likeness (QED) is 0.569. The molecule has 0 saturated heterocycles. The fraction of sp³-hybridized carbons (Fsp3) is 0.357. The topological polar surface area (TPSA) is 82.9 Å². The molecule has 0 aliphatic carbocycles. The first-order valence-corrected chi connectivity index (χ1v) is 6.34. The maximum Gasteiger partial charge on any atom is 0.191 e. The van der Waals surface area contributed by atoms with Crippen molar-refractivity contribution < 1.29 is 13.9 Å². The molecular weight excluding hydrogens is 258 g/mol. The van der Waals surface area contributed by atoms with Crippen molar-refractivity contribution in [1.82, 2.24) is 10.6 Å². The van der Waals surface area contributed by atoms with Gasteiger partial charge in [-0.15, -0.1) is 0 Å². The first-order valence-electron chi connectivity index (χ1n) is 6.34. The van der Waals surface area contributed by atoms with Gasteiger partial charge in [0.15, 0.2) is 5.96 Å². The second-order valence-corrected chi connectivity index (χ2v) is 4.66. The second-order valence-electron chi connectivity index (χ2n) is 4.66. The molecule has 3 N–H and O–H groups in total. The summed E-state index contributed by atoms with van der Waals surface area (Å²) in [4.78, 5) is 4.09. The van der Waals surface area contributed by atoms with Gasteiger partial charge in [-0.25, -0.2) is 0 Å². The van der Waals surface area contributed by atoms with Gasteiger partial charge in [-0.3, -0.25) is 4.99 Å². The van der Waals surface area contributed by atoms with Gasteiger partial charge in [-0.1, -0.05) is 0 Å². The Morgan fingerprint density at radius 3 is 2.80 bits per heavy atom. The SMILES string of the molecule is CN=C(NCc1ccoc1)NCC(C)(O)c1ccco1. The van der Waals surface area contributed by atoms with Crippen molar-refractivity contribution in [3.63, 3.8) is 0 Å². The van der Waals surface area contributed by atoms with Crippen LogP contribution in [0.4, 0.5) is 0 Å². The van der Waals surface area contributed by atoms with E-state index < -0.39 is 5.60 Å². The number of nitrogens with one attached hydrogen (secondary N) is 2. The number of guanidine groups is 1. The molecule has 0 radical (unpaired) electrons. The summed E-state index contributed by atoms with van der Waals surface area (Å²) in [5.74, 6) is 1.10. The van der Waals surface area contributed by atoms with Crippen LogP contribution in [0, 0.1) is 0 Å². The van der Waals surface area contributed by atoms with E-state index in [1.54, 1.807) is 38.6 Å². The van der Waals surface area contributed by atoms with E-state index >= 15 is 0 Å². The fourth-order valence-electron chi connectivity index (χ4n) is 1.73. The molecule has 1 unspecified atom stereocenters. The third-order valence-corrected chi connectivity index (χ3v) is 2.92. The Labute approximate surface area is 117 Å². The zero-order valence-electron chi connectivity index (χ0n) is 11.6. The molecule has 6 nitrogen and oxygen atoms in total. The number of hydrogen-bond acceptors (Lipinski definition) is 4. The predicted octanol–water partition coefficient (Wildman–Crippen LogP) is 1.45. The van der Waals surface area contributed by atoms with Crippen LogP contribution in [0.3, 0.4) is 0 Å². The molecular formula is C14H19N3O3. The lowest BCUT2D eigenvalue weighted by molar-refractivity contribution is 0.0386. The Kier molecular flexibility index (Phi) is 4.47. The maximum absolute atomic E-state index is 10.3. The molecule has 2 aromatic heterocycles. The van der Waals surface area contributed by atoms with Crippen LogP contribution in [0.15, 0.2) is 50.8 Å². The highest BCUT2D eigenvalue weighted by Crippen LogP contribution is 2.19. The van der Waals surface area contributed by atoms with Gasteiger partial charge >= 0.3 is 0 Å². The van der Waals surface area contributed by atoms with Crippen molar-refractivity contribution in [2.75, 3.05) is 13.6 Å². The molecule has 0 aliphatic heterocycles. The van der Waals surface area contributed by atoms with Gasteiger partial charge in [-0.2, -0.15) is 0 Å². The van der Waals surface area contributed by atoms with E-state index in [1.807, 2.05) is 6.07 Å². The van der Waals surface area contributed by atoms with Gasteiger partial charge in [0, 0.05) is 19.2 Å². The number of aliphatic hydroxyl groups is 1. The van der Waals surface area contributed by atoms with Crippen molar-refractivity contribution in [2.45, 2.75) is 19.1 Å². The molecule has 0 aliphatic rings. The number of rotatable bonds is 5. The van der Waals surface area contributed by atoms with Crippen LogP contribution in [-0.4, -0.2) is 24.7 Å². The van der Waals surface area contributed by atoms with Crippen molar-refractivity contribution in [1.29, 1.82) is 0 Å². The normalized spacial score (nSPS) is 14.8. The highest BCUT2D eigenvalue weighted by Gasteiger charge is 2.26. The summed E-state index contributed by atoms with van der Waals surface area (Å²) in [6.45, 7) is 2.56. The summed E-state index contributed by atoms with van der Waals surface area (Å²) in [6.07, 6.45) is 4.82. The van der Waals surface area contributed by atoms with Gasteiger partial charge in [-0.05, 0) is 25.1 Å². The van der Waals surface area contributed by atoms with Crippen LogP contribution in [0.25, 0.3) is 0 Å². The highest BCUT2D eigenvalue weighted by molar-refractivity contribution is 5.79. The largest absolute Gasteiger partial charge is 0.472 e. The molecule has 1 atom stereocenters. The smallest absolute Gasteiger partial charge is 0.191 e. The van der Waals surface area contributed by atoms with Crippen LogP contribution in [-0.2, 0) is 12.1 Å². The molecule has 0 fully saturated rings. The lowest BCUT2D eigenvalue weighted by atomic mass is 10.0. The first-order chi connectivity index (χ1) is 9.62. The molecule has 108 valence electrons. The Morgan fingerprint density at radius 2 is 2.20 bits per heavy atom. The summed E-state index contributed by atoms with van der Waals surface area (Å²) >= 11 is 0. The van der Waals surface area contributed by atoms with Gasteiger partial charge in [0.25, 0.3) is 0 Å². The van der Waals surface area contributed by atoms with E-state index in [4.69, 9.17) is 8.83 Å². The zero-order chi connectivity index (χ0) is 14.4. The first kappa shape index (κ1) is 14.2. The summed E-state index contributed by atoms with van der Waals surface area (Å²) < 4.78 is 10.2. The summed E-state index contributed by atoms with van der Waals surface area (Å²) in [7, 11) is 1.67. The number of furan rings is 2. The molecule has 0 bridgehead atoms. The Balaban J connectivity index is 1.85. The second kappa shape index (κ2) is 6.29. The van der Waals surface area contributed by atoms with Gasteiger partial charge < -0.3 is 24.6 Å². The van der Waals surface area contributed by atoms with Crippen LogP contribution >= 0.6 is 0 Å². The van der Waals surface area contributed by atoms with E-state index in [-0.39, 0.29) is 6.54 Å². The zero-order valence-corrected chi connectivity index (χ0v) is 11.6. The Bertz CT molecular complexity index is 530. The number of aliphatic imine (C=N–C) groups is 1. The average Bonchev–Trinajstić information content (AvgIpc) is 3.12. The summed E-state index contributed by atoms with van der Waals surface area (Å²) in [5, 5.41) is 16.5. The van der Waals surface area contributed by atoms with Crippen molar-refractivity contribution in [3.05, 3.63) is 48.3 Å². The van der Waals surface area contributed by atoms with Gasteiger partial charge in [0.2, 0.25) is 0 Å². The van der Waals surface area contributed by atoms with E-state index in [2.05, 4.69) is 15.6 Å². The van der Waals surface area contributed by atoms with Gasteiger partial charge in [0.1, 0.15) is 11.4 Å². The molecule has 0 aromatic carbocycles. The van der Waals surface area contributed by atoms with Crippen molar-refractivity contribution in [2.24, 2.45) is 4.99 Å². The standard InChI is InChI=1S/C14H19N3O3/c1-14(18,12-4-3-6-20-12)10-17-13(15-2)16-8-11-5-7-19-9-11/h3-7,9,18H,8,10H2,1-2H3,(H2,15,16,17). The van der Waals surface area contributed by atoms with E-state index in [1.165, 1.54) is 6.26 Å². The minimum atomic E-state index is -1.10. The lowest BCUT2D eigenvalue weighted by Crippen LogP contribution is -2.44. The number of nitrogens with zero attached hydrogens (tertiary/aromatic N) is 1. The van der Waals surface area contributed by atoms with Crippen LogP contribution in [0.1, 0.15) is 18.2 Å². The minimum Gasteiger partial charge on any atom is -0.472 e. The molecule has 0 spiro atoms. The van der Waals surface area contributed by atoms with Crippen LogP contribution < -0.4 is 10.6 Å². The summed E-state index contributed by atoms with van der Waals surface area (Å²) in [5.41, 5.74) is -0.0812. The molecule has 6 heteroatoms.